The van der Waals surface area contributed by atoms with Crippen molar-refractivity contribution in [3.63, 3.8) is 0 Å². The molecule has 2 aromatic heterocycles. The van der Waals surface area contributed by atoms with E-state index in [1.807, 2.05) is 6.92 Å². The Bertz CT molecular complexity index is 676. The third kappa shape index (κ3) is 4.05. The van der Waals surface area contributed by atoms with E-state index in [4.69, 9.17) is 0 Å². The first-order chi connectivity index (χ1) is 10.8. The van der Waals surface area contributed by atoms with Crippen molar-refractivity contribution in [1.29, 1.82) is 0 Å². The highest BCUT2D eigenvalue weighted by Crippen LogP contribution is 2.23. The van der Waals surface area contributed by atoms with Crippen molar-refractivity contribution in [3.05, 3.63) is 22.5 Å². The minimum Gasteiger partial charge on any atom is -0.311 e. The predicted octanol–water partition coefficient (Wildman–Crippen LogP) is 2.99. The first kappa shape index (κ1) is 16.7. The van der Waals surface area contributed by atoms with Crippen LogP contribution in [0.4, 0.5) is 13.2 Å². The third-order valence-corrected chi connectivity index (χ3v) is 5.14. The second-order valence-electron chi connectivity index (χ2n) is 6.27. The van der Waals surface area contributed by atoms with Crippen LogP contribution in [0.2, 0.25) is 0 Å². The second-order valence-corrected chi connectivity index (χ2v) is 7.49. The van der Waals surface area contributed by atoms with E-state index in [0.717, 1.165) is 29.3 Å². The van der Waals surface area contributed by atoms with Gasteiger partial charge in [0.15, 0.2) is 4.96 Å². The van der Waals surface area contributed by atoms with E-state index in [9.17, 15) is 13.2 Å². The summed E-state index contributed by atoms with van der Waals surface area (Å²) < 4.78 is 39.3. The maximum Gasteiger partial charge on any atom is 0.401 e. The van der Waals surface area contributed by atoms with E-state index in [1.165, 1.54) is 9.78 Å². The van der Waals surface area contributed by atoms with E-state index < -0.39 is 12.7 Å². The van der Waals surface area contributed by atoms with Crippen LogP contribution >= 0.6 is 11.3 Å². The van der Waals surface area contributed by atoms with Crippen molar-refractivity contribution in [3.8, 4) is 0 Å². The molecule has 0 amide bonds. The summed E-state index contributed by atoms with van der Waals surface area (Å²) in [6.07, 6.45) is -1.20. The van der Waals surface area contributed by atoms with Crippen LogP contribution in [0.3, 0.4) is 0 Å². The number of hydrogen-bond donors (Lipinski definition) is 1. The summed E-state index contributed by atoms with van der Waals surface area (Å²) in [6.45, 7) is 5.74. The number of imidazole rings is 1. The Morgan fingerprint density at radius 2 is 2.17 bits per heavy atom. The highest BCUT2D eigenvalue weighted by molar-refractivity contribution is 7.17. The van der Waals surface area contributed by atoms with E-state index >= 15 is 0 Å². The summed E-state index contributed by atoms with van der Waals surface area (Å²) in [6, 6.07) is 0. The van der Waals surface area contributed by atoms with Crippen molar-refractivity contribution < 1.29 is 13.2 Å². The SMILES string of the molecule is Cc1cn2c(CNC[C@H]3CCN(CC(F)(F)F)C3)c(C)nc2s1. The molecule has 4 nitrogen and oxygen atoms in total. The number of rotatable bonds is 5. The second kappa shape index (κ2) is 6.41. The fourth-order valence-corrected chi connectivity index (χ4v) is 4.08. The van der Waals surface area contributed by atoms with Crippen molar-refractivity contribution in [2.45, 2.75) is 33.0 Å². The maximum atomic E-state index is 12.4. The first-order valence-electron chi connectivity index (χ1n) is 7.75. The molecular weight excluding hydrogens is 325 g/mol. The van der Waals surface area contributed by atoms with Crippen LogP contribution < -0.4 is 5.32 Å². The van der Waals surface area contributed by atoms with Gasteiger partial charge in [0.05, 0.1) is 17.9 Å². The van der Waals surface area contributed by atoms with Crippen LogP contribution in [0, 0.1) is 19.8 Å². The summed E-state index contributed by atoms with van der Waals surface area (Å²) in [5.74, 6) is 0.283. The Kier molecular flexibility index (Phi) is 4.66. The normalized spacial score (nSPS) is 20.0. The molecule has 1 atom stereocenters. The molecule has 1 aliphatic heterocycles. The quantitative estimate of drug-likeness (QED) is 0.903. The van der Waals surface area contributed by atoms with Crippen LogP contribution in [0.5, 0.6) is 0 Å². The van der Waals surface area contributed by atoms with Crippen molar-refractivity contribution in [2.75, 3.05) is 26.2 Å². The Hall–Kier alpha value is -1.12. The highest BCUT2D eigenvalue weighted by atomic mass is 32.1. The molecule has 2 aromatic rings. The van der Waals surface area contributed by atoms with Gasteiger partial charge in [-0.05, 0) is 39.3 Å². The fraction of sp³-hybridized carbons (Fsp3) is 0.667. The zero-order chi connectivity index (χ0) is 16.6. The number of likely N-dealkylation sites (tertiary alicyclic amines) is 1. The summed E-state index contributed by atoms with van der Waals surface area (Å²) in [7, 11) is 0. The molecule has 0 bridgehead atoms. The zero-order valence-electron chi connectivity index (χ0n) is 13.3. The Morgan fingerprint density at radius 3 is 2.91 bits per heavy atom. The van der Waals surface area contributed by atoms with Gasteiger partial charge in [-0.3, -0.25) is 9.30 Å². The highest BCUT2D eigenvalue weighted by Gasteiger charge is 2.34. The van der Waals surface area contributed by atoms with Gasteiger partial charge in [-0.15, -0.1) is 11.3 Å². The summed E-state index contributed by atoms with van der Waals surface area (Å²) >= 11 is 1.66. The zero-order valence-corrected chi connectivity index (χ0v) is 14.1. The molecule has 0 unspecified atom stereocenters. The van der Waals surface area contributed by atoms with Gasteiger partial charge < -0.3 is 5.32 Å². The van der Waals surface area contributed by atoms with Crippen LogP contribution in [0.15, 0.2) is 6.20 Å². The molecular formula is C15H21F3N4S. The molecule has 23 heavy (non-hydrogen) atoms. The lowest BCUT2D eigenvalue weighted by molar-refractivity contribution is -0.143. The maximum absolute atomic E-state index is 12.4. The van der Waals surface area contributed by atoms with Crippen molar-refractivity contribution >= 4 is 16.3 Å². The molecule has 1 saturated heterocycles. The summed E-state index contributed by atoms with van der Waals surface area (Å²) in [4.78, 5) is 8.25. The molecule has 0 aromatic carbocycles. The lowest BCUT2D eigenvalue weighted by Gasteiger charge is -2.18. The molecule has 3 rings (SSSR count). The molecule has 1 fully saturated rings. The standard InChI is InChI=1S/C15H21F3N4S/c1-10-7-22-13(11(2)20-14(22)23-10)6-19-5-12-3-4-21(8-12)9-15(16,17)18/h7,12,19H,3-6,8-9H2,1-2H3/t12-/m1/s1. The summed E-state index contributed by atoms with van der Waals surface area (Å²) in [5.41, 5.74) is 2.14. The molecule has 0 spiro atoms. The van der Waals surface area contributed by atoms with Crippen molar-refractivity contribution in [2.24, 2.45) is 5.92 Å². The van der Waals surface area contributed by atoms with E-state index in [1.54, 1.807) is 11.3 Å². The molecule has 0 aliphatic carbocycles. The van der Waals surface area contributed by atoms with Crippen molar-refractivity contribution in [1.82, 2.24) is 19.6 Å². The lowest BCUT2D eigenvalue weighted by atomic mass is 10.1. The first-order valence-corrected chi connectivity index (χ1v) is 8.57. The largest absolute Gasteiger partial charge is 0.401 e. The van der Waals surface area contributed by atoms with Gasteiger partial charge in [-0.1, -0.05) is 0 Å². The third-order valence-electron chi connectivity index (χ3n) is 4.24. The van der Waals surface area contributed by atoms with Gasteiger partial charge in [0.25, 0.3) is 0 Å². The van der Waals surface area contributed by atoms with Gasteiger partial charge in [0.1, 0.15) is 0 Å². The molecule has 1 N–H and O–H groups in total. The number of hydrogen-bond acceptors (Lipinski definition) is 4. The number of fused-ring (bicyclic) bond motifs is 1. The van der Waals surface area contributed by atoms with Crippen LogP contribution in [-0.4, -0.2) is 46.6 Å². The number of alkyl halides is 3. The van der Waals surface area contributed by atoms with E-state index in [0.29, 0.717) is 19.6 Å². The van der Waals surface area contributed by atoms with Gasteiger partial charge in [-0.25, -0.2) is 4.98 Å². The number of aromatic nitrogens is 2. The number of halogens is 3. The van der Waals surface area contributed by atoms with Crippen LogP contribution in [0.1, 0.15) is 22.7 Å². The predicted molar refractivity (Wildman–Crippen MR) is 84.9 cm³/mol. The minimum absolute atomic E-state index is 0.283. The molecule has 3 heterocycles. The molecule has 128 valence electrons. The molecule has 0 saturated carbocycles. The van der Waals surface area contributed by atoms with Crippen LogP contribution in [-0.2, 0) is 6.54 Å². The van der Waals surface area contributed by atoms with E-state index in [2.05, 4.69) is 27.8 Å². The fourth-order valence-electron chi connectivity index (χ4n) is 3.19. The minimum atomic E-state index is -4.10. The van der Waals surface area contributed by atoms with Gasteiger partial charge in [0.2, 0.25) is 0 Å². The molecule has 0 radical (unpaired) electrons. The van der Waals surface area contributed by atoms with Gasteiger partial charge in [0, 0.05) is 24.2 Å². The number of thiazole rings is 1. The average molecular weight is 346 g/mol. The number of aryl methyl sites for hydroxylation is 2. The van der Waals surface area contributed by atoms with Gasteiger partial charge >= 0.3 is 6.18 Å². The smallest absolute Gasteiger partial charge is 0.311 e. The van der Waals surface area contributed by atoms with Crippen LogP contribution in [0.25, 0.3) is 4.96 Å². The Balaban J connectivity index is 1.51. The Labute approximate surface area is 137 Å². The Morgan fingerprint density at radius 1 is 1.39 bits per heavy atom. The molecule has 1 aliphatic rings. The summed E-state index contributed by atoms with van der Waals surface area (Å²) in [5, 5.41) is 3.39. The topological polar surface area (TPSA) is 32.6 Å². The van der Waals surface area contributed by atoms with E-state index in [-0.39, 0.29) is 5.92 Å². The molecule has 8 heteroatoms. The monoisotopic (exact) mass is 346 g/mol. The number of nitrogens with zero attached hydrogens (tertiary/aromatic N) is 3. The lowest BCUT2D eigenvalue weighted by Crippen LogP contribution is -2.33. The number of nitrogens with one attached hydrogen (secondary N) is 1. The van der Waals surface area contributed by atoms with Gasteiger partial charge in [-0.2, -0.15) is 13.2 Å². The average Bonchev–Trinajstić information content (AvgIpc) is 3.05.